The molecule has 6 nitrogen and oxygen atoms in total. The molecule has 0 radical (unpaired) electrons. The average molecular weight is 327 g/mol. The predicted octanol–water partition coefficient (Wildman–Crippen LogP) is 2.31. The number of halogens is 1. The molecule has 0 aliphatic heterocycles. The van der Waals surface area contributed by atoms with Crippen molar-refractivity contribution in [1.82, 2.24) is 14.8 Å². The molecule has 0 bridgehead atoms. The van der Waals surface area contributed by atoms with Gasteiger partial charge in [0.25, 0.3) is 0 Å². The highest BCUT2D eigenvalue weighted by Crippen LogP contribution is 2.21. The first-order valence-electron chi connectivity index (χ1n) is 6.24. The van der Waals surface area contributed by atoms with Gasteiger partial charge in [0, 0.05) is 13.7 Å². The van der Waals surface area contributed by atoms with Gasteiger partial charge in [0.2, 0.25) is 5.91 Å². The number of benzene rings is 1. The van der Waals surface area contributed by atoms with E-state index in [4.69, 9.17) is 16.3 Å². The Hall–Kier alpha value is -1.57. The number of nitrogens with zero attached hydrogens (tertiary/aromatic N) is 3. The van der Waals surface area contributed by atoms with E-state index in [0.29, 0.717) is 29.0 Å². The number of carbonyl (C=O) groups is 1. The Kier molecular flexibility index (Phi) is 6.04. The van der Waals surface area contributed by atoms with Crippen molar-refractivity contribution in [1.29, 1.82) is 0 Å². The van der Waals surface area contributed by atoms with Crippen LogP contribution in [0.25, 0.3) is 0 Å². The first-order chi connectivity index (χ1) is 10.2. The lowest BCUT2D eigenvalue weighted by atomic mass is 10.3. The number of ether oxygens (including phenoxy) is 1. The molecule has 0 atom stereocenters. The molecular weight excluding hydrogens is 312 g/mol. The van der Waals surface area contributed by atoms with E-state index < -0.39 is 0 Å². The molecule has 0 aliphatic rings. The van der Waals surface area contributed by atoms with Crippen LogP contribution in [0.15, 0.2) is 35.7 Å². The summed E-state index contributed by atoms with van der Waals surface area (Å²) in [5.41, 5.74) is 0.602. The molecule has 0 spiro atoms. The van der Waals surface area contributed by atoms with Crippen molar-refractivity contribution in [3.05, 3.63) is 35.6 Å². The fourth-order valence-corrected chi connectivity index (χ4v) is 2.50. The summed E-state index contributed by atoms with van der Waals surface area (Å²) in [5, 5.41) is 11.8. The molecule has 0 saturated carbocycles. The molecule has 2 rings (SSSR count). The summed E-state index contributed by atoms with van der Waals surface area (Å²) in [4.78, 5) is 11.9. The van der Waals surface area contributed by atoms with Crippen LogP contribution in [0, 0.1) is 0 Å². The Morgan fingerprint density at radius 2 is 2.29 bits per heavy atom. The van der Waals surface area contributed by atoms with Crippen LogP contribution >= 0.6 is 23.4 Å². The van der Waals surface area contributed by atoms with Gasteiger partial charge in [0.15, 0.2) is 5.16 Å². The summed E-state index contributed by atoms with van der Waals surface area (Å²) in [6, 6.07) is 7.11. The lowest BCUT2D eigenvalue weighted by Gasteiger charge is -2.07. The van der Waals surface area contributed by atoms with Crippen molar-refractivity contribution in [2.75, 3.05) is 24.8 Å². The number of thioether (sulfide) groups is 1. The smallest absolute Gasteiger partial charge is 0.234 e. The lowest BCUT2D eigenvalue weighted by molar-refractivity contribution is -0.113. The van der Waals surface area contributed by atoms with E-state index in [1.807, 2.05) is 16.7 Å². The Morgan fingerprint density at radius 3 is 3.05 bits per heavy atom. The van der Waals surface area contributed by atoms with E-state index in [0.717, 1.165) is 0 Å². The summed E-state index contributed by atoms with van der Waals surface area (Å²) in [7, 11) is 1.63. The highest BCUT2D eigenvalue weighted by Gasteiger charge is 2.10. The molecule has 0 unspecified atom stereocenters. The number of anilines is 1. The van der Waals surface area contributed by atoms with Crippen molar-refractivity contribution in [2.24, 2.45) is 0 Å². The second-order valence-electron chi connectivity index (χ2n) is 4.12. The maximum atomic E-state index is 11.9. The van der Waals surface area contributed by atoms with Gasteiger partial charge in [-0.05, 0) is 12.1 Å². The van der Waals surface area contributed by atoms with Crippen molar-refractivity contribution in [3.8, 4) is 0 Å². The number of amides is 1. The van der Waals surface area contributed by atoms with Crippen LogP contribution in [-0.2, 0) is 16.1 Å². The standard InChI is InChI=1S/C13H15ClN4O2S/c1-20-7-6-18-9-15-17-13(18)21-8-12(19)16-11-5-3-2-4-10(11)14/h2-5,9H,6-8H2,1H3,(H,16,19). The van der Waals surface area contributed by atoms with Crippen LogP contribution in [0.4, 0.5) is 5.69 Å². The van der Waals surface area contributed by atoms with E-state index in [1.165, 1.54) is 11.8 Å². The SMILES string of the molecule is COCCn1cnnc1SCC(=O)Nc1ccccc1Cl. The van der Waals surface area contributed by atoms with Crippen LogP contribution in [-0.4, -0.2) is 40.1 Å². The monoisotopic (exact) mass is 326 g/mol. The first-order valence-corrected chi connectivity index (χ1v) is 7.61. The number of rotatable bonds is 7. The van der Waals surface area contributed by atoms with Crippen molar-refractivity contribution in [2.45, 2.75) is 11.7 Å². The molecule has 1 heterocycles. The maximum Gasteiger partial charge on any atom is 0.234 e. The number of aromatic nitrogens is 3. The third-order valence-electron chi connectivity index (χ3n) is 2.60. The number of hydrogen-bond acceptors (Lipinski definition) is 5. The second-order valence-corrected chi connectivity index (χ2v) is 5.47. The summed E-state index contributed by atoms with van der Waals surface area (Å²) >= 11 is 7.30. The summed E-state index contributed by atoms with van der Waals surface area (Å²) in [6.07, 6.45) is 1.62. The van der Waals surface area contributed by atoms with Crippen LogP contribution in [0.3, 0.4) is 0 Å². The summed E-state index contributed by atoms with van der Waals surface area (Å²) < 4.78 is 6.85. The third kappa shape index (κ3) is 4.73. The van der Waals surface area contributed by atoms with Gasteiger partial charge in [-0.2, -0.15) is 0 Å². The molecule has 112 valence electrons. The number of hydrogen-bond donors (Lipinski definition) is 1. The number of carbonyl (C=O) groups excluding carboxylic acids is 1. The highest BCUT2D eigenvalue weighted by molar-refractivity contribution is 7.99. The lowest BCUT2D eigenvalue weighted by Crippen LogP contribution is -2.15. The minimum Gasteiger partial charge on any atom is -0.383 e. The van der Waals surface area contributed by atoms with E-state index in [9.17, 15) is 4.79 Å². The van der Waals surface area contributed by atoms with Crippen LogP contribution in [0.2, 0.25) is 5.02 Å². The third-order valence-corrected chi connectivity index (χ3v) is 3.91. The van der Waals surface area contributed by atoms with E-state index in [2.05, 4.69) is 15.5 Å². The van der Waals surface area contributed by atoms with E-state index in [1.54, 1.807) is 25.6 Å². The van der Waals surface area contributed by atoms with Gasteiger partial charge in [-0.15, -0.1) is 10.2 Å². The Bertz CT molecular complexity index is 605. The fraction of sp³-hybridized carbons (Fsp3) is 0.308. The summed E-state index contributed by atoms with van der Waals surface area (Å²) in [6.45, 7) is 1.22. The average Bonchev–Trinajstić information content (AvgIpc) is 2.93. The van der Waals surface area contributed by atoms with Gasteiger partial charge >= 0.3 is 0 Å². The van der Waals surface area contributed by atoms with Gasteiger partial charge < -0.3 is 14.6 Å². The number of methoxy groups -OCH3 is 1. The molecular formula is C13H15ClN4O2S. The van der Waals surface area contributed by atoms with Crippen molar-refractivity contribution >= 4 is 35.0 Å². The largest absolute Gasteiger partial charge is 0.383 e. The molecule has 0 saturated heterocycles. The van der Waals surface area contributed by atoms with E-state index >= 15 is 0 Å². The van der Waals surface area contributed by atoms with E-state index in [-0.39, 0.29) is 11.7 Å². The Labute approximate surface area is 131 Å². The molecule has 1 amide bonds. The predicted molar refractivity (Wildman–Crippen MR) is 82.7 cm³/mol. The second kappa shape index (κ2) is 8.02. The molecule has 2 aromatic rings. The zero-order valence-electron chi connectivity index (χ0n) is 11.5. The van der Waals surface area contributed by atoms with Gasteiger partial charge in [-0.3, -0.25) is 4.79 Å². The van der Waals surface area contributed by atoms with Crippen LogP contribution in [0.1, 0.15) is 0 Å². The quantitative estimate of drug-likeness (QED) is 0.791. The van der Waals surface area contributed by atoms with Crippen LogP contribution in [0.5, 0.6) is 0 Å². The van der Waals surface area contributed by atoms with Gasteiger partial charge in [-0.1, -0.05) is 35.5 Å². The molecule has 1 N–H and O–H groups in total. The van der Waals surface area contributed by atoms with Gasteiger partial charge in [0.05, 0.1) is 23.1 Å². The summed E-state index contributed by atoms with van der Waals surface area (Å²) in [5.74, 6) is 0.0890. The minimum atomic E-state index is -0.144. The molecule has 1 aromatic heterocycles. The number of nitrogens with one attached hydrogen (secondary N) is 1. The van der Waals surface area contributed by atoms with Gasteiger partial charge in [-0.25, -0.2) is 0 Å². The minimum absolute atomic E-state index is 0.144. The molecule has 0 fully saturated rings. The first kappa shape index (κ1) is 15.8. The molecule has 21 heavy (non-hydrogen) atoms. The normalized spacial score (nSPS) is 10.6. The zero-order valence-corrected chi connectivity index (χ0v) is 13.0. The van der Waals surface area contributed by atoms with Crippen molar-refractivity contribution < 1.29 is 9.53 Å². The zero-order chi connectivity index (χ0) is 15.1. The van der Waals surface area contributed by atoms with Crippen LogP contribution < -0.4 is 5.32 Å². The fourth-order valence-electron chi connectivity index (χ4n) is 1.58. The topological polar surface area (TPSA) is 69.0 Å². The molecule has 0 aliphatic carbocycles. The van der Waals surface area contributed by atoms with Gasteiger partial charge in [0.1, 0.15) is 6.33 Å². The molecule has 8 heteroatoms. The Balaban J connectivity index is 1.87. The maximum absolute atomic E-state index is 11.9. The number of para-hydroxylation sites is 1. The highest BCUT2D eigenvalue weighted by atomic mass is 35.5. The van der Waals surface area contributed by atoms with Crippen molar-refractivity contribution in [3.63, 3.8) is 0 Å². The Morgan fingerprint density at radius 1 is 1.48 bits per heavy atom. The molecule has 1 aromatic carbocycles.